The van der Waals surface area contributed by atoms with Crippen molar-refractivity contribution in [1.29, 1.82) is 0 Å². The minimum Gasteiger partial charge on any atom is -0.508 e. The molecule has 3 aromatic carbocycles. The average molecular weight is 832 g/mol. The molecule has 0 bridgehead atoms. The quantitative estimate of drug-likeness (QED) is 0.142. The Balaban J connectivity index is 1.82. The van der Waals surface area contributed by atoms with Crippen LogP contribution in [0.4, 0.5) is 0 Å². The fraction of sp³-hybridized carbons (Fsp3) is 0.562. The lowest BCUT2D eigenvalue weighted by molar-refractivity contribution is 0.434. The van der Waals surface area contributed by atoms with E-state index >= 15 is 0 Å². The van der Waals surface area contributed by atoms with Crippen molar-refractivity contribution in [3.8, 4) is 17.2 Å². The molecule has 4 aromatic rings. The highest BCUT2D eigenvalue weighted by Crippen LogP contribution is 2.46. The number of phenols is 3. The monoisotopic (exact) mass is 831 g/mol. The molecule has 4 rings (SSSR count). The van der Waals surface area contributed by atoms with Gasteiger partial charge in [0.2, 0.25) is 0 Å². The van der Waals surface area contributed by atoms with Gasteiger partial charge in [0.25, 0.3) is 0 Å². The molecule has 9 heteroatoms. The Morgan fingerprint density at radius 2 is 0.526 bits per heavy atom. The van der Waals surface area contributed by atoms with E-state index in [9.17, 15) is 15.3 Å². The van der Waals surface area contributed by atoms with E-state index in [1.54, 1.807) is 35.3 Å². The van der Waals surface area contributed by atoms with Gasteiger partial charge in [-0.25, -0.2) is 0 Å². The Morgan fingerprint density at radius 1 is 0.333 bits per heavy atom. The van der Waals surface area contributed by atoms with E-state index in [4.69, 9.17) is 15.0 Å². The zero-order chi connectivity index (χ0) is 43.3. The lowest BCUT2D eigenvalue weighted by Crippen LogP contribution is -2.24. The van der Waals surface area contributed by atoms with Crippen LogP contribution in [0.2, 0.25) is 0 Å². The molecule has 0 spiro atoms. The highest BCUT2D eigenvalue weighted by Gasteiger charge is 2.33. The molecule has 0 saturated carbocycles. The van der Waals surface area contributed by atoms with E-state index in [0.717, 1.165) is 50.1 Å². The van der Waals surface area contributed by atoms with Crippen molar-refractivity contribution in [2.24, 2.45) is 0 Å². The second kappa shape index (κ2) is 16.6. The van der Waals surface area contributed by atoms with Crippen LogP contribution in [-0.4, -0.2) is 30.3 Å². The van der Waals surface area contributed by atoms with Crippen molar-refractivity contribution in [3.05, 3.63) is 86.5 Å². The molecule has 0 radical (unpaired) electrons. The third-order valence-corrected chi connectivity index (χ3v) is 12.6. The standard InChI is InChI=1S/C48H69N3O3S3/c1-43(2,3)34-28(19-22-31(52)37(34)46(10,11)12)25-55-40-49-41(56-26-29-20-23-32(53)38(47(13,14)15)35(29)44(4,5)6)51-42(50-40)57-27-30-21-24-33(54)39(48(16,17)18)36(30)45(7,8)9/h19-24,52-54H,25-27H2,1-18H3. The SMILES string of the molecule is CC(C)(C)c1c(O)ccc(CSc2nc(SCc3ccc(O)c(C(C)(C)C)c3C(C)(C)C)nc(SCc3ccc(O)c(C(C)(C)C)c3C(C)(C)C)n2)c1C(C)(C)C. The molecule has 1 heterocycles. The van der Waals surface area contributed by atoms with E-state index in [2.05, 4.69) is 125 Å². The van der Waals surface area contributed by atoms with Crippen molar-refractivity contribution in [2.45, 2.75) is 190 Å². The van der Waals surface area contributed by atoms with E-state index in [0.29, 0.717) is 50.0 Å². The van der Waals surface area contributed by atoms with Gasteiger partial charge in [-0.1, -0.05) is 178 Å². The van der Waals surface area contributed by atoms with Gasteiger partial charge >= 0.3 is 0 Å². The van der Waals surface area contributed by atoms with E-state index < -0.39 is 0 Å². The Morgan fingerprint density at radius 3 is 0.702 bits per heavy atom. The lowest BCUT2D eigenvalue weighted by atomic mass is 9.73. The Bertz CT molecular complexity index is 1840. The number of hydrogen-bond acceptors (Lipinski definition) is 9. The highest BCUT2D eigenvalue weighted by atomic mass is 32.2. The molecule has 0 aliphatic carbocycles. The minimum absolute atomic E-state index is 0.194. The van der Waals surface area contributed by atoms with Crippen LogP contribution in [-0.2, 0) is 49.7 Å². The molecule has 0 aliphatic rings. The Labute approximate surface area is 357 Å². The van der Waals surface area contributed by atoms with Crippen molar-refractivity contribution in [3.63, 3.8) is 0 Å². The third-order valence-electron chi connectivity index (χ3n) is 9.95. The Hall–Kier alpha value is -2.88. The largest absolute Gasteiger partial charge is 0.508 e. The smallest absolute Gasteiger partial charge is 0.192 e. The number of aromatic nitrogens is 3. The average Bonchev–Trinajstić information content (AvgIpc) is 3.03. The second-order valence-electron chi connectivity index (χ2n) is 21.5. The van der Waals surface area contributed by atoms with Gasteiger partial charge in [-0.3, -0.25) is 0 Å². The van der Waals surface area contributed by atoms with Crippen LogP contribution in [0.25, 0.3) is 0 Å². The van der Waals surface area contributed by atoms with Gasteiger partial charge in [0.15, 0.2) is 15.5 Å². The summed E-state index contributed by atoms with van der Waals surface area (Å²) < 4.78 is 0. The summed E-state index contributed by atoms with van der Waals surface area (Å²) in [6.45, 7) is 39.2. The number of nitrogens with zero attached hydrogens (tertiary/aromatic N) is 3. The van der Waals surface area contributed by atoms with Crippen molar-refractivity contribution >= 4 is 35.3 Å². The normalized spacial score (nSPS) is 13.4. The minimum atomic E-state index is -0.242. The fourth-order valence-electron chi connectivity index (χ4n) is 8.05. The van der Waals surface area contributed by atoms with Gasteiger partial charge in [-0.15, -0.1) is 0 Å². The molecule has 0 atom stereocenters. The molecule has 0 aliphatic heterocycles. The first-order valence-corrected chi connectivity index (χ1v) is 23.0. The number of hydrogen-bond donors (Lipinski definition) is 3. The first-order valence-electron chi connectivity index (χ1n) is 20.0. The van der Waals surface area contributed by atoms with Crippen LogP contribution < -0.4 is 0 Å². The van der Waals surface area contributed by atoms with E-state index in [1.165, 1.54) is 0 Å². The van der Waals surface area contributed by atoms with Gasteiger partial charge in [0, 0.05) is 33.9 Å². The molecular formula is C48H69N3O3S3. The maximum atomic E-state index is 11.1. The molecular weight excluding hydrogens is 763 g/mol. The zero-order valence-electron chi connectivity index (χ0n) is 38.0. The number of benzene rings is 3. The van der Waals surface area contributed by atoms with Gasteiger partial charge in [-0.05, 0) is 84.1 Å². The molecule has 0 fully saturated rings. The lowest BCUT2D eigenvalue weighted by Gasteiger charge is -2.33. The van der Waals surface area contributed by atoms with Crippen LogP contribution in [0.1, 0.15) is 175 Å². The van der Waals surface area contributed by atoms with Crippen molar-refractivity contribution in [1.82, 2.24) is 15.0 Å². The summed E-state index contributed by atoms with van der Waals surface area (Å²) in [5.74, 6) is 2.89. The van der Waals surface area contributed by atoms with E-state index in [1.807, 2.05) is 36.4 Å². The summed E-state index contributed by atoms with van der Waals surface area (Å²) in [7, 11) is 0. The third kappa shape index (κ3) is 11.2. The second-order valence-corrected chi connectivity index (χ2v) is 24.4. The predicted molar refractivity (Wildman–Crippen MR) is 245 cm³/mol. The summed E-state index contributed by atoms with van der Waals surface area (Å²) in [5, 5.41) is 35.2. The summed E-state index contributed by atoms with van der Waals surface area (Å²) in [6, 6.07) is 11.6. The van der Waals surface area contributed by atoms with Crippen LogP contribution in [0.15, 0.2) is 51.9 Å². The summed E-state index contributed by atoms with van der Waals surface area (Å²) in [6.07, 6.45) is 0. The fourth-order valence-corrected chi connectivity index (χ4v) is 10.7. The van der Waals surface area contributed by atoms with Gasteiger partial charge in [-0.2, -0.15) is 15.0 Å². The summed E-state index contributed by atoms with van der Waals surface area (Å²) in [4.78, 5) is 15.2. The molecule has 312 valence electrons. The number of thioether (sulfide) groups is 3. The summed E-state index contributed by atoms with van der Waals surface area (Å²) >= 11 is 4.78. The van der Waals surface area contributed by atoms with Gasteiger partial charge in [0.1, 0.15) is 17.2 Å². The highest BCUT2D eigenvalue weighted by molar-refractivity contribution is 7.99. The van der Waals surface area contributed by atoms with Crippen LogP contribution in [0, 0.1) is 0 Å². The van der Waals surface area contributed by atoms with Crippen LogP contribution >= 0.6 is 35.3 Å². The topological polar surface area (TPSA) is 99.4 Å². The first-order chi connectivity index (χ1) is 25.8. The summed E-state index contributed by atoms with van der Waals surface area (Å²) in [5.41, 5.74) is 8.57. The molecule has 0 saturated heterocycles. The Kier molecular flexibility index (Phi) is 13.7. The maximum absolute atomic E-state index is 11.1. The van der Waals surface area contributed by atoms with Crippen LogP contribution in [0.5, 0.6) is 17.2 Å². The van der Waals surface area contributed by atoms with E-state index in [-0.39, 0.29) is 32.5 Å². The molecule has 0 amide bonds. The molecule has 3 N–H and O–H groups in total. The maximum Gasteiger partial charge on any atom is 0.192 e. The van der Waals surface area contributed by atoms with Crippen molar-refractivity contribution < 1.29 is 15.3 Å². The number of rotatable bonds is 9. The molecule has 57 heavy (non-hydrogen) atoms. The predicted octanol–water partition coefficient (Wildman–Crippen LogP) is 13.7. The van der Waals surface area contributed by atoms with Gasteiger partial charge in [0.05, 0.1) is 0 Å². The molecule has 6 nitrogen and oxygen atoms in total. The van der Waals surface area contributed by atoms with Gasteiger partial charge < -0.3 is 15.3 Å². The molecule has 1 aromatic heterocycles. The number of aromatic hydroxyl groups is 3. The zero-order valence-corrected chi connectivity index (χ0v) is 40.4. The number of phenolic OH excluding ortho intramolecular Hbond substituents is 3. The molecule has 0 unspecified atom stereocenters. The first kappa shape index (κ1) is 46.8. The van der Waals surface area contributed by atoms with Crippen LogP contribution in [0.3, 0.4) is 0 Å². The van der Waals surface area contributed by atoms with Crippen molar-refractivity contribution in [2.75, 3.05) is 0 Å².